The van der Waals surface area contributed by atoms with Gasteiger partial charge in [0.2, 0.25) is 10.0 Å². The van der Waals surface area contributed by atoms with Crippen LogP contribution in [-0.4, -0.2) is 34.0 Å². The number of nitrogens with one attached hydrogen (secondary N) is 2. The minimum Gasteiger partial charge on any atom is -0.338 e. The first-order chi connectivity index (χ1) is 17.5. The predicted molar refractivity (Wildman–Crippen MR) is 136 cm³/mol. The van der Waals surface area contributed by atoms with E-state index in [9.17, 15) is 18.5 Å². The summed E-state index contributed by atoms with van der Waals surface area (Å²) in [5.41, 5.74) is 1.88. The summed E-state index contributed by atoms with van der Waals surface area (Å²) in [7, 11) is -3.48. The van der Waals surface area contributed by atoms with Crippen molar-refractivity contribution in [2.75, 3.05) is 11.9 Å². The van der Waals surface area contributed by atoms with Crippen molar-refractivity contribution in [2.24, 2.45) is 11.8 Å². The summed E-state index contributed by atoms with van der Waals surface area (Å²) in [4.78, 5) is 15.9. The maximum atomic E-state index is 13.1. The average Bonchev–Trinajstić information content (AvgIpc) is 3.57. The van der Waals surface area contributed by atoms with Crippen molar-refractivity contribution < 1.29 is 8.42 Å². The average molecular weight is 507 g/mol. The molecule has 0 unspecified atom stereocenters. The molecule has 2 atom stereocenters. The van der Waals surface area contributed by atoms with Crippen molar-refractivity contribution in [2.45, 2.75) is 68.8 Å². The van der Waals surface area contributed by atoms with Gasteiger partial charge in [0.15, 0.2) is 5.82 Å². The summed E-state index contributed by atoms with van der Waals surface area (Å²) < 4.78 is 29.7. The van der Waals surface area contributed by atoms with Crippen molar-refractivity contribution in [3.05, 3.63) is 46.4 Å². The highest BCUT2D eigenvalue weighted by molar-refractivity contribution is 7.89. The van der Waals surface area contributed by atoms with Crippen LogP contribution in [0.2, 0.25) is 0 Å². The third-order valence-corrected chi connectivity index (χ3v) is 9.98. The second-order valence-corrected chi connectivity index (χ2v) is 12.2. The molecule has 0 saturated heterocycles. The Bertz CT molecular complexity index is 1510. The van der Waals surface area contributed by atoms with Crippen molar-refractivity contribution in [3.63, 3.8) is 0 Å². The quantitative estimate of drug-likeness (QED) is 0.528. The third-order valence-electron chi connectivity index (χ3n) is 8.06. The van der Waals surface area contributed by atoms with E-state index in [1.165, 1.54) is 12.8 Å². The van der Waals surface area contributed by atoms with Gasteiger partial charge in [-0.3, -0.25) is 9.48 Å². The van der Waals surface area contributed by atoms with Gasteiger partial charge in [0.25, 0.3) is 5.56 Å². The minimum atomic E-state index is -3.48. The van der Waals surface area contributed by atoms with Crippen molar-refractivity contribution in [1.29, 1.82) is 5.26 Å². The Morgan fingerprint density at radius 2 is 1.89 bits per heavy atom. The van der Waals surface area contributed by atoms with Crippen molar-refractivity contribution in [3.8, 4) is 6.07 Å². The fourth-order valence-corrected chi connectivity index (χ4v) is 7.91. The molecule has 9 nitrogen and oxygen atoms in total. The summed E-state index contributed by atoms with van der Waals surface area (Å²) in [6.07, 6.45) is 9.85. The molecule has 0 radical (unpaired) electrons. The van der Waals surface area contributed by atoms with Crippen LogP contribution >= 0.6 is 0 Å². The number of benzene rings is 1. The topological polar surface area (TPSA) is 124 Å². The Hall–Kier alpha value is -3.16. The number of sulfonamides is 1. The molecule has 2 aliphatic carbocycles. The summed E-state index contributed by atoms with van der Waals surface area (Å²) in [5, 5.41) is 18.2. The number of pyridine rings is 1. The first-order valence-corrected chi connectivity index (χ1v) is 14.3. The molecular weight excluding hydrogens is 476 g/mol. The normalized spacial score (nSPS) is 24.1. The Balaban J connectivity index is 1.33. The number of aromatic nitrogens is 3. The molecule has 10 heteroatoms. The maximum absolute atomic E-state index is 13.1. The molecule has 3 aromatic rings. The molecule has 2 saturated carbocycles. The number of aromatic amines is 1. The second kappa shape index (κ2) is 9.05. The molecule has 2 aromatic heterocycles. The van der Waals surface area contributed by atoms with Gasteiger partial charge < -0.3 is 10.3 Å². The van der Waals surface area contributed by atoms with E-state index in [1.807, 2.05) is 16.8 Å². The van der Waals surface area contributed by atoms with Crippen LogP contribution in [0.15, 0.2) is 40.2 Å². The van der Waals surface area contributed by atoms with Gasteiger partial charge in [-0.05, 0) is 61.4 Å². The van der Waals surface area contributed by atoms with Crippen LogP contribution in [0.25, 0.3) is 10.9 Å². The number of rotatable bonds is 5. The first kappa shape index (κ1) is 23.3. The number of H-pyrrole nitrogens is 1. The maximum Gasteiger partial charge on any atom is 0.261 e. The smallest absolute Gasteiger partial charge is 0.261 e. The zero-order valence-corrected chi connectivity index (χ0v) is 20.9. The number of anilines is 2. The standard InChI is InChI=1S/C26H30N6O3S/c27-14-18-7-3-4-8-21(18)32-22-11-12-28-26(33)24(22)25(30-32)29-20-9-10-23-19(13-20)16-31(36(23,34)35)15-17-5-1-2-6-17/h9-13,17-18,21H,1-8,15-16H2,(H,28,33)(H,29,30)/t18-,21+/m1/s1. The highest BCUT2D eigenvalue weighted by atomic mass is 32.2. The van der Waals surface area contributed by atoms with E-state index in [-0.39, 0.29) is 17.5 Å². The highest BCUT2D eigenvalue weighted by Crippen LogP contribution is 2.38. The van der Waals surface area contributed by atoms with E-state index in [0.29, 0.717) is 46.3 Å². The van der Waals surface area contributed by atoms with E-state index in [4.69, 9.17) is 5.10 Å². The number of fused-ring (bicyclic) bond motifs is 2. The lowest BCUT2D eigenvalue weighted by Gasteiger charge is -2.27. The largest absolute Gasteiger partial charge is 0.338 e. The number of nitrogens with zero attached hydrogens (tertiary/aromatic N) is 4. The molecule has 1 aliphatic heterocycles. The van der Waals surface area contributed by atoms with Crippen LogP contribution in [0.5, 0.6) is 0 Å². The number of nitriles is 1. The Morgan fingerprint density at radius 1 is 1.11 bits per heavy atom. The molecule has 0 spiro atoms. The molecule has 36 heavy (non-hydrogen) atoms. The van der Waals surface area contributed by atoms with Crippen LogP contribution in [0.3, 0.4) is 0 Å². The zero-order chi connectivity index (χ0) is 24.9. The second-order valence-electron chi connectivity index (χ2n) is 10.3. The lowest BCUT2D eigenvalue weighted by Crippen LogP contribution is -2.29. The fourth-order valence-electron chi connectivity index (χ4n) is 6.22. The van der Waals surface area contributed by atoms with Crippen LogP contribution in [0, 0.1) is 23.2 Å². The van der Waals surface area contributed by atoms with Gasteiger partial charge >= 0.3 is 0 Å². The van der Waals surface area contributed by atoms with E-state index in [1.54, 1.807) is 22.6 Å². The molecule has 0 amide bonds. The lowest BCUT2D eigenvalue weighted by atomic mass is 9.85. The molecular formula is C26H30N6O3S. The van der Waals surface area contributed by atoms with E-state index in [0.717, 1.165) is 44.1 Å². The van der Waals surface area contributed by atoms with E-state index >= 15 is 0 Å². The van der Waals surface area contributed by atoms with E-state index in [2.05, 4.69) is 16.4 Å². The summed E-state index contributed by atoms with van der Waals surface area (Å²) >= 11 is 0. The first-order valence-electron chi connectivity index (χ1n) is 12.9. The third kappa shape index (κ3) is 3.91. The predicted octanol–water partition coefficient (Wildman–Crippen LogP) is 4.42. The summed E-state index contributed by atoms with van der Waals surface area (Å²) in [6, 6.07) is 9.40. The summed E-state index contributed by atoms with van der Waals surface area (Å²) in [5.74, 6) is 0.702. The minimum absolute atomic E-state index is 0.0853. The Morgan fingerprint density at radius 3 is 2.69 bits per heavy atom. The van der Waals surface area contributed by atoms with Crippen LogP contribution in [0.4, 0.5) is 11.5 Å². The van der Waals surface area contributed by atoms with Gasteiger partial charge in [-0.2, -0.15) is 14.7 Å². The molecule has 1 aromatic carbocycles. The lowest BCUT2D eigenvalue weighted by molar-refractivity contribution is 0.277. The number of hydrogen-bond donors (Lipinski definition) is 2. The molecule has 2 fully saturated rings. The molecule has 6 rings (SSSR count). The van der Waals surface area contributed by atoms with Crippen LogP contribution < -0.4 is 10.9 Å². The van der Waals surface area contributed by atoms with Gasteiger partial charge in [0, 0.05) is 25.0 Å². The van der Waals surface area contributed by atoms with Crippen molar-refractivity contribution in [1.82, 2.24) is 19.1 Å². The van der Waals surface area contributed by atoms with Crippen molar-refractivity contribution >= 4 is 32.4 Å². The Labute approximate surface area is 210 Å². The highest BCUT2D eigenvalue weighted by Gasteiger charge is 2.36. The fraction of sp³-hybridized carbons (Fsp3) is 0.500. The van der Waals surface area contributed by atoms with Crippen LogP contribution in [0.1, 0.15) is 63.0 Å². The molecule has 188 valence electrons. The molecule has 0 bridgehead atoms. The van der Waals surface area contributed by atoms with Gasteiger partial charge in [-0.25, -0.2) is 8.42 Å². The zero-order valence-electron chi connectivity index (χ0n) is 20.1. The van der Waals surface area contributed by atoms with Gasteiger partial charge in [-0.1, -0.05) is 25.7 Å². The van der Waals surface area contributed by atoms with E-state index < -0.39 is 10.0 Å². The monoisotopic (exact) mass is 506 g/mol. The van der Waals surface area contributed by atoms with Crippen LogP contribution in [-0.2, 0) is 16.6 Å². The SMILES string of the molecule is N#C[C@H]1CCCC[C@@H]1n1nc(Nc2ccc3c(c2)CN(CC2CCCC2)S3(=O)=O)c2c(=O)[nH]ccc21. The van der Waals surface area contributed by atoms with Gasteiger partial charge in [0.05, 0.1) is 28.4 Å². The number of hydrogen-bond acceptors (Lipinski definition) is 6. The molecule has 3 aliphatic rings. The molecule has 2 N–H and O–H groups in total. The summed E-state index contributed by atoms with van der Waals surface area (Å²) in [6.45, 7) is 0.941. The van der Waals surface area contributed by atoms with Gasteiger partial charge in [0.1, 0.15) is 5.39 Å². The molecule has 3 heterocycles. The Kier molecular flexibility index (Phi) is 5.85. The van der Waals surface area contributed by atoms with Gasteiger partial charge in [-0.15, -0.1) is 0 Å².